The van der Waals surface area contributed by atoms with Crippen LogP contribution in [0.25, 0.3) is 11.4 Å². The number of hydrogen-bond donors (Lipinski definition) is 1. The van der Waals surface area contributed by atoms with E-state index in [9.17, 15) is 8.42 Å². The van der Waals surface area contributed by atoms with E-state index in [4.69, 9.17) is 19.4 Å². The van der Waals surface area contributed by atoms with Crippen molar-refractivity contribution in [3.05, 3.63) is 35.0 Å². The monoisotopic (exact) mass is 458 g/mol. The molecule has 0 aliphatic carbocycles. The van der Waals surface area contributed by atoms with Gasteiger partial charge in [-0.1, -0.05) is 12.1 Å². The Hall–Kier alpha value is -2.23. The predicted molar refractivity (Wildman–Crippen MR) is 123 cm³/mol. The van der Waals surface area contributed by atoms with Crippen LogP contribution in [0.15, 0.2) is 18.2 Å². The van der Waals surface area contributed by atoms with Crippen LogP contribution in [0, 0.1) is 0 Å². The molecule has 32 heavy (non-hydrogen) atoms. The van der Waals surface area contributed by atoms with Crippen molar-refractivity contribution in [2.24, 2.45) is 0 Å². The molecule has 2 aromatic rings. The SMILES string of the molecule is C[C@@H]1COC[C@H]2COc3c(nc(-c4ccc5c(c4)CCNC5)nc3C(C)(C)S(C)(=O)=O)N21. The van der Waals surface area contributed by atoms with Gasteiger partial charge in [-0.05, 0) is 50.9 Å². The average molecular weight is 459 g/mol. The van der Waals surface area contributed by atoms with Crippen molar-refractivity contribution in [1.29, 1.82) is 0 Å². The van der Waals surface area contributed by atoms with Gasteiger partial charge in [-0.2, -0.15) is 0 Å². The minimum atomic E-state index is -3.47. The first-order chi connectivity index (χ1) is 15.2. The Morgan fingerprint density at radius 2 is 1.97 bits per heavy atom. The number of benzene rings is 1. The van der Waals surface area contributed by atoms with E-state index in [1.54, 1.807) is 13.8 Å². The standard InChI is InChI=1S/C23H30N4O4S/c1-14-11-30-12-18-13-31-19-20(23(2,3)32(4,28)29)25-21(26-22(19)27(14)18)16-5-6-17-10-24-8-7-15(17)9-16/h5-6,9,14,18,24H,7-8,10-13H2,1-4H3/t14-,18+/m1/s1. The number of nitrogens with zero attached hydrogens (tertiary/aromatic N) is 3. The van der Waals surface area contributed by atoms with Crippen LogP contribution in [0.4, 0.5) is 5.82 Å². The fourth-order valence-corrected chi connectivity index (χ4v) is 5.15. The number of nitrogens with one attached hydrogen (secondary N) is 1. The van der Waals surface area contributed by atoms with Crippen molar-refractivity contribution in [1.82, 2.24) is 15.3 Å². The van der Waals surface area contributed by atoms with Crippen LogP contribution in [-0.2, 0) is 32.3 Å². The highest BCUT2D eigenvalue weighted by molar-refractivity contribution is 7.91. The summed E-state index contributed by atoms with van der Waals surface area (Å²) in [4.78, 5) is 12.0. The number of hydrogen-bond acceptors (Lipinski definition) is 8. The molecule has 4 heterocycles. The molecule has 3 aliphatic rings. The number of morpholine rings is 1. The summed E-state index contributed by atoms with van der Waals surface area (Å²) < 4.78 is 36.2. The van der Waals surface area contributed by atoms with E-state index >= 15 is 0 Å². The molecule has 0 spiro atoms. The van der Waals surface area contributed by atoms with E-state index in [1.165, 1.54) is 17.4 Å². The number of anilines is 1. The number of fused-ring (bicyclic) bond motifs is 4. The Kier molecular flexibility index (Phi) is 5.18. The topological polar surface area (TPSA) is 93.6 Å². The molecule has 2 atom stereocenters. The molecule has 0 saturated carbocycles. The molecule has 9 heteroatoms. The van der Waals surface area contributed by atoms with Gasteiger partial charge >= 0.3 is 0 Å². The third-order valence-electron chi connectivity index (χ3n) is 6.90. The quantitative estimate of drug-likeness (QED) is 0.747. The number of rotatable bonds is 3. The fourth-order valence-electron chi connectivity index (χ4n) is 4.66. The molecule has 0 bridgehead atoms. The van der Waals surface area contributed by atoms with Gasteiger partial charge in [0.05, 0.1) is 25.3 Å². The third kappa shape index (κ3) is 3.47. The lowest BCUT2D eigenvalue weighted by molar-refractivity contribution is 0.0482. The summed E-state index contributed by atoms with van der Waals surface area (Å²) in [6, 6.07) is 6.41. The molecule has 5 rings (SSSR count). The largest absolute Gasteiger partial charge is 0.486 e. The molecule has 3 aliphatic heterocycles. The number of aromatic nitrogens is 2. The van der Waals surface area contributed by atoms with E-state index in [0.29, 0.717) is 42.9 Å². The van der Waals surface area contributed by atoms with Crippen LogP contribution in [-0.4, -0.2) is 63.1 Å². The highest BCUT2D eigenvalue weighted by Crippen LogP contribution is 2.44. The summed E-state index contributed by atoms with van der Waals surface area (Å²) in [6.07, 6.45) is 2.19. The van der Waals surface area contributed by atoms with E-state index in [0.717, 1.165) is 25.1 Å². The first-order valence-corrected chi connectivity index (χ1v) is 13.0. The summed E-state index contributed by atoms with van der Waals surface area (Å²) >= 11 is 0. The van der Waals surface area contributed by atoms with Gasteiger partial charge in [0.25, 0.3) is 0 Å². The first kappa shape index (κ1) is 21.6. The highest BCUT2D eigenvalue weighted by Gasteiger charge is 2.43. The molecule has 172 valence electrons. The molecule has 1 aromatic heterocycles. The molecular formula is C23H30N4O4S. The second-order valence-corrected chi connectivity index (χ2v) is 12.1. The smallest absolute Gasteiger partial charge is 0.185 e. The molecule has 1 N–H and O–H groups in total. The lowest BCUT2D eigenvalue weighted by Crippen LogP contribution is -2.56. The molecule has 1 aromatic carbocycles. The predicted octanol–water partition coefficient (Wildman–Crippen LogP) is 2.06. The minimum absolute atomic E-state index is 0.0396. The Labute approximate surface area is 189 Å². The van der Waals surface area contributed by atoms with Gasteiger partial charge in [0, 0.05) is 18.4 Å². The lowest BCUT2D eigenvalue weighted by atomic mass is 9.98. The molecule has 8 nitrogen and oxygen atoms in total. The summed E-state index contributed by atoms with van der Waals surface area (Å²) in [5, 5.41) is 3.39. The maximum Gasteiger partial charge on any atom is 0.185 e. The third-order valence-corrected chi connectivity index (χ3v) is 8.95. The van der Waals surface area contributed by atoms with Gasteiger partial charge in [-0.25, -0.2) is 18.4 Å². The van der Waals surface area contributed by atoms with E-state index in [2.05, 4.69) is 29.3 Å². The van der Waals surface area contributed by atoms with Gasteiger partial charge in [0.15, 0.2) is 27.2 Å². The Morgan fingerprint density at radius 1 is 1.16 bits per heavy atom. The first-order valence-electron chi connectivity index (χ1n) is 11.1. The van der Waals surface area contributed by atoms with Crippen molar-refractivity contribution in [2.75, 3.05) is 37.5 Å². The maximum atomic E-state index is 12.8. The zero-order chi connectivity index (χ0) is 22.7. The van der Waals surface area contributed by atoms with Crippen molar-refractivity contribution in [3.8, 4) is 17.1 Å². The average Bonchev–Trinajstić information content (AvgIpc) is 2.77. The fraction of sp³-hybridized carbons (Fsp3) is 0.565. The number of ether oxygens (including phenoxy) is 2. The molecule has 0 radical (unpaired) electrons. The molecule has 0 amide bonds. The summed E-state index contributed by atoms with van der Waals surface area (Å²) in [5.74, 6) is 1.66. The van der Waals surface area contributed by atoms with Crippen LogP contribution in [0.3, 0.4) is 0 Å². The van der Waals surface area contributed by atoms with Crippen LogP contribution < -0.4 is 15.0 Å². The van der Waals surface area contributed by atoms with Crippen molar-refractivity contribution >= 4 is 15.7 Å². The van der Waals surface area contributed by atoms with Gasteiger partial charge < -0.3 is 19.7 Å². The summed E-state index contributed by atoms with van der Waals surface area (Å²) in [5.41, 5.74) is 3.86. The molecule has 0 unspecified atom stereocenters. The van der Waals surface area contributed by atoms with Crippen molar-refractivity contribution < 1.29 is 17.9 Å². The molecule has 1 fully saturated rings. The summed E-state index contributed by atoms with van der Waals surface area (Å²) in [7, 11) is -3.47. The van der Waals surface area contributed by atoms with E-state index in [1.807, 2.05) is 6.07 Å². The normalized spacial score (nSPS) is 23.1. The molecular weight excluding hydrogens is 428 g/mol. The van der Waals surface area contributed by atoms with Crippen LogP contribution in [0.2, 0.25) is 0 Å². The Bertz CT molecular complexity index is 1160. The van der Waals surface area contributed by atoms with Gasteiger partial charge in [-0.3, -0.25) is 0 Å². The molecule has 1 saturated heterocycles. The van der Waals surface area contributed by atoms with Crippen LogP contribution in [0.5, 0.6) is 5.75 Å². The van der Waals surface area contributed by atoms with Gasteiger partial charge in [0.2, 0.25) is 0 Å². The zero-order valence-electron chi connectivity index (χ0n) is 19.0. The summed E-state index contributed by atoms with van der Waals surface area (Å²) in [6.45, 7) is 8.82. The van der Waals surface area contributed by atoms with Gasteiger partial charge in [0.1, 0.15) is 17.0 Å². The lowest BCUT2D eigenvalue weighted by Gasteiger charge is -2.45. The number of sulfone groups is 1. The zero-order valence-corrected chi connectivity index (χ0v) is 19.8. The van der Waals surface area contributed by atoms with E-state index in [-0.39, 0.29) is 12.1 Å². The van der Waals surface area contributed by atoms with E-state index < -0.39 is 14.6 Å². The van der Waals surface area contributed by atoms with Crippen LogP contribution >= 0.6 is 0 Å². The Balaban J connectivity index is 1.72. The van der Waals surface area contributed by atoms with Gasteiger partial charge in [-0.15, -0.1) is 0 Å². The second kappa shape index (κ2) is 7.67. The van der Waals surface area contributed by atoms with Crippen molar-refractivity contribution in [2.45, 2.75) is 50.6 Å². The Morgan fingerprint density at radius 3 is 2.75 bits per heavy atom. The van der Waals surface area contributed by atoms with Crippen molar-refractivity contribution in [3.63, 3.8) is 0 Å². The highest BCUT2D eigenvalue weighted by atomic mass is 32.2. The maximum absolute atomic E-state index is 12.8. The minimum Gasteiger partial charge on any atom is -0.486 e. The van der Waals surface area contributed by atoms with Crippen LogP contribution in [0.1, 0.15) is 37.6 Å². The second-order valence-electron chi connectivity index (χ2n) is 9.50.